The maximum atomic E-state index is 12.7. The van der Waals surface area contributed by atoms with Crippen molar-refractivity contribution in [3.8, 4) is 11.3 Å². The van der Waals surface area contributed by atoms with Crippen LogP contribution in [0.2, 0.25) is 10.0 Å². The van der Waals surface area contributed by atoms with Crippen LogP contribution in [0.25, 0.3) is 11.3 Å². The maximum absolute atomic E-state index is 12.7. The lowest BCUT2D eigenvalue weighted by Gasteiger charge is -2.38. The lowest BCUT2D eigenvalue weighted by atomic mass is 9.97. The number of benzene rings is 1. The molecule has 0 bridgehead atoms. The zero-order chi connectivity index (χ0) is 16.6. The van der Waals surface area contributed by atoms with Gasteiger partial charge in [-0.15, -0.1) is 0 Å². The normalized spacial score (nSPS) is 21.5. The van der Waals surface area contributed by atoms with E-state index in [0.29, 0.717) is 21.5 Å². The minimum atomic E-state index is -0.0836. The number of hydrogen-bond acceptors (Lipinski definition) is 3. The first kappa shape index (κ1) is 16.3. The van der Waals surface area contributed by atoms with Gasteiger partial charge in [0, 0.05) is 23.7 Å². The molecule has 1 fully saturated rings. The number of halogens is 2. The standard InChI is InChI=1S/C17H18Cl2N2O2/c1-10-4-3-5-11(2)21(10)17(22)15-9-16(23-20-15)12-6-7-13(18)14(19)8-12/h6-11H,3-5H2,1-2H3/t10-,11+. The van der Waals surface area contributed by atoms with Gasteiger partial charge < -0.3 is 9.42 Å². The van der Waals surface area contributed by atoms with Crippen molar-refractivity contribution in [2.24, 2.45) is 0 Å². The Kier molecular flexibility index (Phi) is 4.64. The highest BCUT2D eigenvalue weighted by Crippen LogP contribution is 2.30. The second-order valence-electron chi connectivity index (χ2n) is 6.05. The molecule has 23 heavy (non-hydrogen) atoms. The highest BCUT2D eigenvalue weighted by Gasteiger charge is 2.31. The smallest absolute Gasteiger partial charge is 0.276 e. The summed E-state index contributed by atoms with van der Waals surface area (Å²) in [6, 6.07) is 7.28. The fraction of sp³-hybridized carbons (Fsp3) is 0.412. The highest BCUT2D eigenvalue weighted by atomic mass is 35.5. The van der Waals surface area contributed by atoms with E-state index in [1.165, 1.54) is 0 Å². The molecule has 0 unspecified atom stereocenters. The van der Waals surface area contributed by atoms with Gasteiger partial charge in [-0.05, 0) is 51.3 Å². The summed E-state index contributed by atoms with van der Waals surface area (Å²) in [5.41, 5.74) is 1.07. The molecule has 0 aliphatic carbocycles. The van der Waals surface area contributed by atoms with Gasteiger partial charge in [-0.2, -0.15) is 0 Å². The van der Waals surface area contributed by atoms with Gasteiger partial charge in [0.05, 0.1) is 10.0 Å². The molecule has 1 aromatic heterocycles. The zero-order valence-electron chi connectivity index (χ0n) is 13.1. The number of carbonyl (C=O) groups excluding carboxylic acids is 1. The largest absolute Gasteiger partial charge is 0.355 e. The molecular formula is C17H18Cl2N2O2. The van der Waals surface area contributed by atoms with E-state index in [0.717, 1.165) is 24.8 Å². The molecule has 0 N–H and O–H groups in total. The van der Waals surface area contributed by atoms with Gasteiger partial charge in [0.15, 0.2) is 11.5 Å². The molecule has 0 saturated carbocycles. The van der Waals surface area contributed by atoms with E-state index < -0.39 is 0 Å². The molecule has 3 rings (SSSR count). The number of aromatic nitrogens is 1. The van der Waals surface area contributed by atoms with Gasteiger partial charge in [-0.1, -0.05) is 28.4 Å². The van der Waals surface area contributed by atoms with E-state index in [4.69, 9.17) is 27.7 Å². The maximum Gasteiger partial charge on any atom is 0.276 e. The molecule has 2 atom stereocenters. The summed E-state index contributed by atoms with van der Waals surface area (Å²) < 4.78 is 5.33. The van der Waals surface area contributed by atoms with Gasteiger partial charge in [-0.3, -0.25) is 4.79 Å². The van der Waals surface area contributed by atoms with Crippen molar-refractivity contribution < 1.29 is 9.32 Å². The Hall–Kier alpha value is -1.52. The van der Waals surface area contributed by atoms with Gasteiger partial charge in [0.1, 0.15) is 0 Å². The van der Waals surface area contributed by atoms with Crippen LogP contribution < -0.4 is 0 Å². The molecule has 2 aromatic rings. The molecular weight excluding hydrogens is 335 g/mol. The van der Waals surface area contributed by atoms with Crippen molar-refractivity contribution in [1.82, 2.24) is 10.1 Å². The summed E-state index contributed by atoms with van der Waals surface area (Å²) in [6.07, 6.45) is 3.20. The van der Waals surface area contributed by atoms with Gasteiger partial charge in [0.25, 0.3) is 5.91 Å². The molecule has 1 saturated heterocycles. The second-order valence-corrected chi connectivity index (χ2v) is 6.86. The van der Waals surface area contributed by atoms with Crippen LogP contribution >= 0.6 is 23.2 Å². The molecule has 1 aromatic carbocycles. The molecule has 2 heterocycles. The van der Waals surface area contributed by atoms with Gasteiger partial charge >= 0.3 is 0 Å². The van der Waals surface area contributed by atoms with Crippen LogP contribution in [0.15, 0.2) is 28.8 Å². The number of rotatable bonds is 2. The molecule has 1 aliphatic rings. The minimum Gasteiger partial charge on any atom is -0.355 e. The Morgan fingerprint density at radius 2 is 1.87 bits per heavy atom. The van der Waals surface area contributed by atoms with Crippen LogP contribution in [-0.4, -0.2) is 28.0 Å². The number of carbonyl (C=O) groups is 1. The first-order valence-corrected chi connectivity index (χ1v) is 8.47. The molecule has 0 spiro atoms. The topological polar surface area (TPSA) is 46.3 Å². The molecule has 1 aliphatic heterocycles. The number of hydrogen-bond donors (Lipinski definition) is 0. The summed E-state index contributed by atoms with van der Waals surface area (Å²) in [4.78, 5) is 14.6. The summed E-state index contributed by atoms with van der Waals surface area (Å²) in [5, 5.41) is 4.86. The van der Waals surface area contributed by atoms with Crippen LogP contribution in [0.5, 0.6) is 0 Å². The highest BCUT2D eigenvalue weighted by molar-refractivity contribution is 6.42. The molecule has 6 heteroatoms. The number of likely N-dealkylation sites (tertiary alicyclic amines) is 1. The summed E-state index contributed by atoms with van der Waals surface area (Å²) in [5.74, 6) is 0.420. The van der Waals surface area contributed by atoms with Crippen LogP contribution in [0.1, 0.15) is 43.6 Å². The Labute approximate surface area is 145 Å². The quantitative estimate of drug-likeness (QED) is 0.759. The van der Waals surface area contributed by atoms with Crippen LogP contribution in [-0.2, 0) is 0 Å². The first-order valence-electron chi connectivity index (χ1n) is 7.72. The second kappa shape index (κ2) is 6.54. The van der Waals surface area contributed by atoms with Crippen LogP contribution in [0.4, 0.5) is 0 Å². The SMILES string of the molecule is C[C@@H]1CCC[C@H](C)N1C(=O)c1cc(-c2ccc(Cl)c(Cl)c2)on1. The van der Waals surface area contributed by atoms with Crippen molar-refractivity contribution in [3.05, 3.63) is 40.0 Å². The number of amides is 1. The monoisotopic (exact) mass is 352 g/mol. The van der Waals surface area contributed by atoms with E-state index in [1.807, 2.05) is 4.90 Å². The number of piperidine rings is 1. The average Bonchev–Trinajstić information content (AvgIpc) is 2.99. The van der Waals surface area contributed by atoms with Crippen molar-refractivity contribution >= 4 is 29.1 Å². The van der Waals surface area contributed by atoms with Crippen molar-refractivity contribution in [3.63, 3.8) is 0 Å². The molecule has 0 radical (unpaired) electrons. The van der Waals surface area contributed by atoms with Gasteiger partial charge in [0.2, 0.25) is 0 Å². The first-order chi connectivity index (χ1) is 11.0. The van der Waals surface area contributed by atoms with E-state index in [2.05, 4.69) is 19.0 Å². The third kappa shape index (κ3) is 3.24. The van der Waals surface area contributed by atoms with Gasteiger partial charge in [-0.25, -0.2) is 0 Å². The Morgan fingerprint density at radius 3 is 2.52 bits per heavy atom. The van der Waals surface area contributed by atoms with E-state index >= 15 is 0 Å². The van der Waals surface area contributed by atoms with Crippen LogP contribution in [0, 0.1) is 0 Å². The third-order valence-corrected chi connectivity index (χ3v) is 5.10. The fourth-order valence-electron chi connectivity index (χ4n) is 3.12. The van der Waals surface area contributed by atoms with Crippen molar-refractivity contribution in [1.29, 1.82) is 0 Å². The fourth-order valence-corrected chi connectivity index (χ4v) is 3.41. The Bertz CT molecular complexity index is 719. The number of nitrogens with zero attached hydrogens (tertiary/aromatic N) is 2. The summed E-state index contributed by atoms with van der Waals surface area (Å²) in [6.45, 7) is 4.15. The zero-order valence-corrected chi connectivity index (χ0v) is 14.6. The van der Waals surface area contributed by atoms with E-state index in [1.54, 1.807) is 24.3 Å². The molecule has 122 valence electrons. The molecule has 1 amide bonds. The predicted molar refractivity (Wildman–Crippen MR) is 90.9 cm³/mol. The lowest BCUT2D eigenvalue weighted by molar-refractivity contribution is 0.0500. The summed E-state index contributed by atoms with van der Waals surface area (Å²) in [7, 11) is 0. The minimum absolute atomic E-state index is 0.0836. The Balaban J connectivity index is 1.86. The Morgan fingerprint density at radius 1 is 1.17 bits per heavy atom. The molecule has 4 nitrogen and oxygen atoms in total. The summed E-state index contributed by atoms with van der Waals surface area (Å²) >= 11 is 11.9. The van der Waals surface area contributed by atoms with E-state index in [9.17, 15) is 4.79 Å². The lowest BCUT2D eigenvalue weighted by Crippen LogP contribution is -2.47. The van der Waals surface area contributed by atoms with E-state index in [-0.39, 0.29) is 18.0 Å². The van der Waals surface area contributed by atoms with Crippen LogP contribution in [0.3, 0.4) is 0 Å². The van der Waals surface area contributed by atoms with Crippen molar-refractivity contribution in [2.75, 3.05) is 0 Å². The van der Waals surface area contributed by atoms with Crippen molar-refractivity contribution in [2.45, 2.75) is 45.2 Å². The third-order valence-electron chi connectivity index (χ3n) is 4.36. The average molecular weight is 353 g/mol. The predicted octanol–water partition coefficient (Wildman–Crippen LogP) is 5.05.